The summed E-state index contributed by atoms with van der Waals surface area (Å²) in [7, 11) is 1.58. The number of nitrogens with one attached hydrogen (secondary N) is 1. The van der Waals surface area contributed by atoms with Gasteiger partial charge >= 0.3 is 6.03 Å². The van der Waals surface area contributed by atoms with Crippen LogP contribution >= 0.6 is 0 Å². The number of rotatable bonds is 4. The van der Waals surface area contributed by atoms with Gasteiger partial charge in [-0.15, -0.1) is 0 Å². The molecule has 6 heteroatoms. The Morgan fingerprint density at radius 3 is 2.96 bits per heavy atom. The molecule has 3 rings (SSSR count). The van der Waals surface area contributed by atoms with Gasteiger partial charge in [0.05, 0.1) is 13.2 Å². The standard InChI is InChI=1S/C17H20N4O2/c1-23-16-14(4-2-8-19-16)12-20-17(22)21-11-3-5-15(21)13-6-9-18-10-7-13/h2,4,6-10,15H,3,5,11-12H2,1H3,(H,20,22)/t15-/m1/s1. The van der Waals surface area contributed by atoms with E-state index in [0.717, 1.165) is 30.5 Å². The van der Waals surface area contributed by atoms with Crippen molar-refractivity contribution < 1.29 is 9.53 Å². The zero-order chi connectivity index (χ0) is 16.1. The van der Waals surface area contributed by atoms with Crippen LogP contribution in [0.2, 0.25) is 0 Å². The van der Waals surface area contributed by atoms with Crippen LogP contribution in [0.25, 0.3) is 0 Å². The van der Waals surface area contributed by atoms with Gasteiger partial charge in [0.1, 0.15) is 0 Å². The van der Waals surface area contributed by atoms with Gasteiger partial charge in [0.25, 0.3) is 0 Å². The smallest absolute Gasteiger partial charge is 0.318 e. The SMILES string of the molecule is COc1ncccc1CNC(=O)N1CCC[C@@H]1c1ccncc1. The minimum absolute atomic E-state index is 0.0600. The van der Waals surface area contributed by atoms with Crippen molar-refractivity contribution in [1.29, 1.82) is 0 Å². The zero-order valence-electron chi connectivity index (χ0n) is 13.1. The van der Waals surface area contributed by atoms with Crippen LogP contribution in [0.5, 0.6) is 5.88 Å². The van der Waals surface area contributed by atoms with E-state index in [1.165, 1.54) is 0 Å². The van der Waals surface area contributed by atoms with Crippen molar-refractivity contribution in [3.05, 3.63) is 54.0 Å². The number of nitrogens with zero attached hydrogens (tertiary/aromatic N) is 3. The van der Waals surface area contributed by atoms with Crippen LogP contribution in [0.1, 0.15) is 30.0 Å². The van der Waals surface area contributed by atoms with E-state index in [1.54, 1.807) is 25.7 Å². The van der Waals surface area contributed by atoms with Gasteiger partial charge in [0.2, 0.25) is 5.88 Å². The van der Waals surface area contributed by atoms with Crippen molar-refractivity contribution in [2.45, 2.75) is 25.4 Å². The average molecular weight is 312 g/mol. The van der Waals surface area contributed by atoms with Crippen LogP contribution in [0.3, 0.4) is 0 Å². The molecule has 1 aliphatic heterocycles. The van der Waals surface area contributed by atoms with Gasteiger partial charge in [0, 0.05) is 37.2 Å². The first-order valence-electron chi connectivity index (χ1n) is 7.72. The molecule has 6 nitrogen and oxygen atoms in total. The minimum Gasteiger partial charge on any atom is -0.481 e. The van der Waals surface area contributed by atoms with Gasteiger partial charge in [-0.2, -0.15) is 0 Å². The number of carbonyl (C=O) groups excluding carboxylic acids is 1. The van der Waals surface area contributed by atoms with Crippen molar-refractivity contribution in [1.82, 2.24) is 20.2 Å². The predicted octanol–water partition coefficient (Wildman–Crippen LogP) is 2.53. The van der Waals surface area contributed by atoms with E-state index in [0.29, 0.717) is 12.4 Å². The van der Waals surface area contributed by atoms with Crippen molar-refractivity contribution in [2.24, 2.45) is 0 Å². The molecule has 0 radical (unpaired) electrons. The number of urea groups is 1. The van der Waals surface area contributed by atoms with Gasteiger partial charge in [-0.1, -0.05) is 6.07 Å². The summed E-state index contributed by atoms with van der Waals surface area (Å²) in [6.45, 7) is 1.17. The van der Waals surface area contributed by atoms with E-state index in [9.17, 15) is 4.79 Å². The molecule has 1 atom stereocenters. The molecule has 3 heterocycles. The van der Waals surface area contributed by atoms with Crippen LogP contribution in [0.15, 0.2) is 42.9 Å². The van der Waals surface area contributed by atoms with E-state index < -0.39 is 0 Å². The highest BCUT2D eigenvalue weighted by Gasteiger charge is 2.29. The Bertz CT molecular complexity index is 663. The van der Waals surface area contributed by atoms with Crippen molar-refractivity contribution in [2.75, 3.05) is 13.7 Å². The highest BCUT2D eigenvalue weighted by molar-refractivity contribution is 5.75. The number of likely N-dealkylation sites (tertiary alicyclic amines) is 1. The molecular weight excluding hydrogens is 292 g/mol. The molecule has 0 aromatic carbocycles. The quantitative estimate of drug-likeness (QED) is 0.942. The fraction of sp³-hybridized carbons (Fsp3) is 0.353. The third-order valence-electron chi connectivity index (χ3n) is 4.08. The summed E-state index contributed by atoms with van der Waals surface area (Å²) in [6, 6.07) is 7.74. The van der Waals surface area contributed by atoms with Gasteiger partial charge in [0.15, 0.2) is 0 Å². The Morgan fingerprint density at radius 1 is 1.35 bits per heavy atom. The van der Waals surface area contributed by atoms with Gasteiger partial charge in [-0.3, -0.25) is 4.98 Å². The van der Waals surface area contributed by atoms with Crippen molar-refractivity contribution >= 4 is 6.03 Å². The molecule has 2 aromatic heterocycles. The first-order chi connectivity index (χ1) is 11.3. The second-order valence-corrected chi connectivity index (χ2v) is 5.46. The fourth-order valence-electron chi connectivity index (χ4n) is 2.96. The second-order valence-electron chi connectivity index (χ2n) is 5.46. The molecule has 0 aliphatic carbocycles. The fourth-order valence-corrected chi connectivity index (χ4v) is 2.96. The highest BCUT2D eigenvalue weighted by atomic mass is 16.5. The predicted molar refractivity (Wildman–Crippen MR) is 85.9 cm³/mol. The lowest BCUT2D eigenvalue weighted by Crippen LogP contribution is -2.39. The van der Waals surface area contributed by atoms with Crippen molar-refractivity contribution in [3.63, 3.8) is 0 Å². The van der Waals surface area contributed by atoms with Gasteiger partial charge < -0.3 is 15.0 Å². The Hall–Kier alpha value is -2.63. The molecule has 2 amide bonds. The van der Waals surface area contributed by atoms with E-state index in [4.69, 9.17) is 4.74 Å². The normalized spacial score (nSPS) is 17.1. The molecule has 2 aromatic rings. The molecule has 0 saturated carbocycles. The topological polar surface area (TPSA) is 67.3 Å². The molecular formula is C17H20N4O2. The van der Waals surface area contributed by atoms with E-state index in [-0.39, 0.29) is 12.1 Å². The van der Waals surface area contributed by atoms with E-state index in [2.05, 4.69) is 15.3 Å². The third-order valence-corrected chi connectivity index (χ3v) is 4.08. The summed E-state index contributed by atoms with van der Waals surface area (Å²) >= 11 is 0. The van der Waals surface area contributed by atoms with Crippen LogP contribution < -0.4 is 10.1 Å². The zero-order valence-corrected chi connectivity index (χ0v) is 13.1. The van der Waals surface area contributed by atoms with Crippen LogP contribution in [-0.2, 0) is 6.54 Å². The third kappa shape index (κ3) is 3.41. The number of aromatic nitrogens is 2. The molecule has 23 heavy (non-hydrogen) atoms. The van der Waals surface area contributed by atoms with Crippen LogP contribution in [-0.4, -0.2) is 34.6 Å². The molecule has 0 unspecified atom stereocenters. The number of hydrogen-bond acceptors (Lipinski definition) is 4. The number of methoxy groups -OCH3 is 1. The summed E-state index contributed by atoms with van der Waals surface area (Å²) in [4.78, 5) is 22.6. The van der Waals surface area contributed by atoms with Crippen molar-refractivity contribution in [3.8, 4) is 5.88 Å². The lowest BCUT2D eigenvalue weighted by atomic mass is 10.1. The monoisotopic (exact) mass is 312 g/mol. The molecule has 0 spiro atoms. The van der Waals surface area contributed by atoms with E-state index >= 15 is 0 Å². The second kappa shape index (κ2) is 7.09. The minimum atomic E-state index is -0.0600. The number of hydrogen-bond donors (Lipinski definition) is 1. The Balaban J connectivity index is 1.66. The number of ether oxygens (including phenoxy) is 1. The maximum Gasteiger partial charge on any atom is 0.318 e. The largest absolute Gasteiger partial charge is 0.481 e. The summed E-state index contributed by atoms with van der Waals surface area (Å²) in [5.74, 6) is 0.542. The first kappa shape index (κ1) is 15.3. The Morgan fingerprint density at radius 2 is 2.17 bits per heavy atom. The first-order valence-corrected chi connectivity index (χ1v) is 7.72. The van der Waals surface area contributed by atoms with Crippen LogP contribution in [0.4, 0.5) is 4.79 Å². The lowest BCUT2D eigenvalue weighted by Gasteiger charge is -2.25. The molecule has 0 bridgehead atoms. The molecule has 1 aliphatic rings. The summed E-state index contributed by atoms with van der Waals surface area (Å²) < 4.78 is 5.21. The number of pyridine rings is 2. The van der Waals surface area contributed by atoms with E-state index in [1.807, 2.05) is 29.2 Å². The van der Waals surface area contributed by atoms with Gasteiger partial charge in [-0.25, -0.2) is 9.78 Å². The maximum atomic E-state index is 12.5. The number of amides is 2. The molecule has 1 fully saturated rings. The molecule has 1 saturated heterocycles. The average Bonchev–Trinajstić information content (AvgIpc) is 3.10. The maximum absolute atomic E-state index is 12.5. The summed E-state index contributed by atoms with van der Waals surface area (Å²) in [6.07, 6.45) is 7.20. The Kier molecular flexibility index (Phi) is 4.71. The van der Waals surface area contributed by atoms with Gasteiger partial charge in [-0.05, 0) is 36.6 Å². The van der Waals surface area contributed by atoms with Crippen LogP contribution in [0, 0.1) is 0 Å². The lowest BCUT2D eigenvalue weighted by molar-refractivity contribution is 0.192. The summed E-state index contributed by atoms with van der Waals surface area (Å²) in [5, 5.41) is 2.97. The highest BCUT2D eigenvalue weighted by Crippen LogP contribution is 2.31. The molecule has 120 valence electrons. The Labute approximate surface area is 135 Å². The molecule has 1 N–H and O–H groups in total. The summed E-state index contributed by atoms with van der Waals surface area (Å²) in [5.41, 5.74) is 2.00. The number of carbonyl (C=O) groups is 1.